The van der Waals surface area contributed by atoms with Crippen LogP contribution in [0.25, 0.3) is 0 Å². The van der Waals surface area contributed by atoms with Gasteiger partial charge in [-0.25, -0.2) is 4.99 Å². The van der Waals surface area contributed by atoms with E-state index in [1.807, 2.05) is 0 Å². The predicted molar refractivity (Wildman–Crippen MR) is 155 cm³/mol. The Labute approximate surface area is 229 Å². The second-order valence-corrected chi connectivity index (χ2v) is 12.0. The zero-order valence-corrected chi connectivity index (χ0v) is 23.7. The lowest BCUT2D eigenvalue weighted by Gasteiger charge is -2.26. The van der Waals surface area contributed by atoms with Crippen molar-refractivity contribution in [3.8, 4) is 0 Å². The quantitative estimate of drug-likeness (QED) is 0.249. The maximum atomic E-state index is 13.0. The van der Waals surface area contributed by atoms with Crippen molar-refractivity contribution in [3.05, 3.63) is 52.9 Å². The number of nitrogens with one attached hydrogen (secondary N) is 1. The summed E-state index contributed by atoms with van der Waals surface area (Å²) in [6.45, 7) is 8.38. The number of ketones is 1. The molecule has 38 heavy (non-hydrogen) atoms. The number of amidine groups is 1. The largest absolute Gasteiger partial charge is 0.355 e. The van der Waals surface area contributed by atoms with E-state index in [1.54, 1.807) is 6.54 Å². The van der Waals surface area contributed by atoms with E-state index >= 15 is 0 Å². The monoisotopic (exact) mass is 516 g/mol. The minimum atomic E-state index is 0.240. The third kappa shape index (κ3) is 6.27. The molecule has 3 atom stereocenters. The van der Waals surface area contributed by atoms with Crippen LogP contribution < -0.4 is 5.32 Å². The third-order valence-corrected chi connectivity index (χ3v) is 9.22. The summed E-state index contributed by atoms with van der Waals surface area (Å²) in [7, 11) is 2.05. The Morgan fingerprint density at radius 3 is 2.68 bits per heavy atom. The maximum Gasteiger partial charge on any atom is 0.163 e. The number of dihydropyridines is 1. The van der Waals surface area contributed by atoms with Crippen LogP contribution in [-0.4, -0.2) is 42.7 Å². The number of carbonyl (C=O) groups is 1. The van der Waals surface area contributed by atoms with Gasteiger partial charge in [0.2, 0.25) is 0 Å². The smallest absolute Gasteiger partial charge is 0.163 e. The molecule has 0 aromatic heterocycles. The highest BCUT2D eigenvalue weighted by atomic mass is 16.1. The van der Waals surface area contributed by atoms with E-state index < -0.39 is 0 Å². The number of carbonyl (C=O) groups excluding carboxylic acids is 1. The Bertz CT molecular complexity index is 1070. The molecule has 6 nitrogen and oxygen atoms in total. The highest BCUT2D eigenvalue weighted by Gasteiger charge is 2.30. The number of azo groups is 1. The van der Waals surface area contributed by atoms with E-state index in [9.17, 15) is 4.79 Å². The molecule has 0 aromatic carbocycles. The van der Waals surface area contributed by atoms with Gasteiger partial charge in [-0.15, -0.1) is 0 Å². The second-order valence-electron chi connectivity index (χ2n) is 12.0. The molecule has 1 N–H and O–H groups in total. The first kappa shape index (κ1) is 27.2. The van der Waals surface area contributed by atoms with E-state index in [0.29, 0.717) is 30.2 Å². The van der Waals surface area contributed by atoms with Crippen LogP contribution >= 0.6 is 0 Å². The topological polar surface area (TPSA) is 69.4 Å². The van der Waals surface area contributed by atoms with Crippen LogP contribution in [0.1, 0.15) is 90.9 Å². The molecule has 5 rings (SSSR count). The van der Waals surface area contributed by atoms with Crippen molar-refractivity contribution in [2.75, 3.05) is 20.1 Å². The average Bonchev–Trinajstić information content (AvgIpc) is 3.64. The molecule has 1 radical (unpaired) electrons. The number of nitrogens with zero attached hydrogens (tertiary/aromatic N) is 4. The van der Waals surface area contributed by atoms with Crippen molar-refractivity contribution in [1.82, 2.24) is 10.2 Å². The molecular formula is C32H46N5O. The summed E-state index contributed by atoms with van der Waals surface area (Å²) in [4.78, 5) is 20.5. The van der Waals surface area contributed by atoms with Gasteiger partial charge < -0.3 is 10.2 Å². The molecule has 205 valence electrons. The lowest BCUT2D eigenvalue weighted by molar-refractivity contribution is -0.115. The van der Waals surface area contributed by atoms with Crippen molar-refractivity contribution >= 4 is 11.6 Å². The number of fused-ring (bicyclic) bond motifs is 1. The Morgan fingerprint density at radius 1 is 1.11 bits per heavy atom. The standard InChI is InChI=1S/C32H46N5O/c1-22(25-18-26-17-23(2)32(35-29(26)19-25)37-16-15-27(21-37)33-3)11-7-6-10-14-30(38)28-20-34-36-31(28)24-12-8-4-5-9-13-24/h17-20,22,24,26-27,33H,4-16,21H2,1-3H3/t22-,26?,27-/m0/s1. The van der Waals surface area contributed by atoms with Crippen molar-refractivity contribution in [3.63, 3.8) is 0 Å². The van der Waals surface area contributed by atoms with Gasteiger partial charge in [0.25, 0.3) is 0 Å². The molecule has 0 spiro atoms. The Morgan fingerprint density at radius 2 is 1.92 bits per heavy atom. The lowest BCUT2D eigenvalue weighted by Crippen LogP contribution is -2.35. The minimum absolute atomic E-state index is 0.240. The Hall–Kier alpha value is -2.34. The fourth-order valence-electron chi connectivity index (χ4n) is 6.77. The fourth-order valence-corrected chi connectivity index (χ4v) is 6.77. The average molecular weight is 517 g/mol. The summed E-state index contributed by atoms with van der Waals surface area (Å²) in [6.07, 6.45) is 20.7. The Kier molecular flexibility index (Phi) is 9.08. The molecule has 1 saturated heterocycles. The van der Waals surface area contributed by atoms with Gasteiger partial charge in [0.15, 0.2) is 5.78 Å². The molecule has 6 heteroatoms. The SMILES string of the molecule is CN[C@H]1CCN(C2=NC3=CC([C@@H](C)CCCCCC(=O)C4=C(C5CCCCCC5)N=N[CH]4)=CC3C=C2C)C1. The number of allylic oxidation sites excluding steroid dienone is 4. The van der Waals surface area contributed by atoms with E-state index in [1.165, 1.54) is 48.9 Å². The van der Waals surface area contributed by atoms with Gasteiger partial charge in [-0.1, -0.05) is 57.6 Å². The summed E-state index contributed by atoms with van der Waals surface area (Å²) in [5, 5.41) is 11.9. The summed E-state index contributed by atoms with van der Waals surface area (Å²) in [5.41, 5.74) is 5.71. The molecule has 0 amide bonds. The van der Waals surface area contributed by atoms with Gasteiger partial charge in [-0.2, -0.15) is 10.2 Å². The zero-order chi connectivity index (χ0) is 26.5. The summed E-state index contributed by atoms with van der Waals surface area (Å²) < 4.78 is 0. The van der Waals surface area contributed by atoms with E-state index in [0.717, 1.165) is 68.7 Å². The number of hydrogen-bond donors (Lipinski definition) is 1. The van der Waals surface area contributed by atoms with Gasteiger partial charge in [-0.05, 0) is 69.2 Å². The lowest BCUT2D eigenvalue weighted by atomic mass is 9.91. The number of hydrogen-bond acceptors (Lipinski definition) is 6. The minimum Gasteiger partial charge on any atom is -0.355 e. The molecule has 2 aliphatic carbocycles. The van der Waals surface area contributed by atoms with E-state index in [2.05, 4.69) is 59.6 Å². The summed E-state index contributed by atoms with van der Waals surface area (Å²) in [5.74, 6) is 2.67. The molecule has 0 aromatic rings. The number of aliphatic imine (C=N–C) groups is 1. The number of unbranched alkanes of at least 4 members (excludes halogenated alkanes) is 2. The van der Waals surface area contributed by atoms with Gasteiger partial charge in [0.1, 0.15) is 12.4 Å². The van der Waals surface area contributed by atoms with Crippen LogP contribution in [0.15, 0.2) is 61.6 Å². The van der Waals surface area contributed by atoms with Crippen LogP contribution in [0, 0.1) is 24.3 Å². The molecular weight excluding hydrogens is 470 g/mol. The van der Waals surface area contributed by atoms with E-state index in [-0.39, 0.29) is 5.78 Å². The first-order chi connectivity index (χ1) is 18.5. The number of likely N-dealkylation sites (tertiary alicyclic amines) is 1. The molecule has 1 saturated carbocycles. The highest BCUT2D eigenvalue weighted by Crippen LogP contribution is 2.37. The number of likely N-dealkylation sites (N-methyl/N-ethyl adjacent to an activating group) is 1. The van der Waals surface area contributed by atoms with Gasteiger partial charge in [0.05, 0.1) is 11.4 Å². The van der Waals surface area contributed by atoms with Crippen LogP contribution in [0.5, 0.6) is 0 Å². The molecule has 3 heterocycles. The maximum absolute atomic E-state index is 13.0. The number of rotatable bonds is 10. The number of Topliss-reactive ketones (excluding diaryl/α,β-unsaturated/α-hetero) is 1. The van der Waals surface area contributed by atoms with Crippen LogP contribution in [0.4, 0.5) is 0 Å². The molecule has 0 bridgehead atoms. The Balaban J connectivity index is 1.07. The van der Waals surface area contributed by atoms with Gasteiger partial charge in [-0.3, -0.25) is 4.79 Å². The third-order valence-electron chi connectivity index (χ3n) is 9.22. The first-order valence-corrected chi connectivity index (χ1v) is 15.2. The molecule has 1 unspecified atom stereocenters. The van der Waals surface area contributed by atoms with Crippen LogP contribution in [0.3, 0.4) is 0 Å². The molecule has 2 fully saturated rings. The van der Waals surface area contributed by atoms with Crippen molar-refractivity contribution < 1.29 is 4.79 Å². The second kappa shape index (κ2) is 12.7. The predicted octanol–water partition coefficient (Wildman–Crippen LogP) is 7.09. The zero-order valence-electron chi connectivity index (χ0n) is 23.7. The fraction of sp³-hybridized carbons (Fsp3) is 0.656. The molecule has 3 aliphatic heterocycles. The highest BCUT2D eigenvalue weighted by molar-refractivity contribution is 6.00. The van der Waals surface area contributed by atoms with Gasteiger partial charge in [0, 0.05) is 43.0 Å². The van der Waals surface area contributed by atoms with Crippen molar-refractivity contribution in [2.45, 2.75) is 96.9 Å². The van der Waals surface area contributed by atoms with Crippen molar-refractivity contribution in [1.29, 1.82) is 0 Å². The summed E-state index contributed by atoms with van der Waals surface area (Å²) >= 11 is 0. The molecule has 5 aliphatic rings. The normalized spacial score (nSPS) is 26.7. The summed E-state index contributed by atoms with van der Waals surface area (Å²) in [6, 6.07) is 0.561. The first-order valence-electron chi connectivity index (χ1n) is 15.2. The van der Waals surface area contributed by atoms with Gasteiger partial charge >= 0.3 is 0 Å². The van der Waals surface area contributed by atoms with Crippen LogP contribution in [0.2, 0.25) is 0 Å². The van der Waals surface area contributed by atoms with Crippen LogP contribution in [-0.2, 0) is 4.79 Å². The van der Waals surface area contributed by atoms with E-state index in [4.69, 9.17) is 4.99 Å². The van der Waals surface area contributed by atoms with Crippen molar-refractivity contribution in [2.24, 2.45) is 33.0 Å².